The van der Waals surface area contributed by atoms with Crippen molar-refractivity contribution in [2.75, 3.05) is 33.4 Å². The molecule has 1 saturated heterocycles. The Labute approximate surface area is 200 Å². The molecule has 1 fully saturated rings. The highest BCUT2D eigenvalue weighted by atomic mass is 16.5. The Balaban J connectivity index is 1.95. The van der Waals surface area contributed by atoms with Gasteiger partial charge in [0, 0.05) is 39.4 Å². The summed E-state index contributed by atoms with van der Waals surface area (Å²) in [5.74, 6) is -0.0447. The second kappa shape index (κ2) is 11.9. The van der Waals surface area contributed by atoms with E-state index in [4.69, 9.17) is 10.5 Å². The predicted molar refractivity (Wildman–Crippen MR) is 128 cm³/mol. The summed E-state index contributed by atoms with van der Waals surface area (Å²) in [5.41, 5.74) is 8.07. The van der Waals surface area contributed by atoms with Crippen molar-refractivity contribution in [3.63, 3.8) is 0 Å². The number of carbonyl (C=O) groups excluding carboxylic acids is 1. The van der Waals surface area contributed by atoms with Crippen LogP contribution in [-0.4, -0.2) is 87.3 Å². The van der Waals surface area contributed by atoms with Crippen LogP contribution in [0.5, 0.6) is 0 Å². The zero-order chi connectivity index (χ0) is 24.7. The first-order valence-corrected chi connectivity index (χ1v) is 11.8. The van der Waals surface area contributed by atoms with E-state index in [1.807, 2.05) is 44.2 Å². The quantitative estimate of drug-likeness (QED) is 0.508. The van der Waals surface area contributed by atoms with E-state index in [1.165, 1.54) is 4.90 Å². The van der Waals surface area contributed by atoms with Crippen molar-refractivity contribution in [1.29, 1.82) is 0 Å². The van der Waals surface area contributed by atoms with Crippen LogP contribution in [0.1, 0.15) is 49.3 Å². The van der Waals surface area contributed by atoms with Crippen LogP contribution in [0.3, 0.4) is 0 Å². The summed E-state index contributed by atoms with van der Waals surface area (Å²) in [4.78, 5) is 28.6. The number of carbonyl (C=O) groups is 2. The summed E-state index contributed by atoms with van der Waals surface area (Å²) in [7, 11) is 1.67. The minimum Gasteiger partial charge on any atom is -0.465 e. The van der Waals surface area contributed by atoms with Gasteiger partial charge >= 0.3 is 6.09 Å². The molecule has 10 nitrogen and oxygen atoms in total. The topological polar surface area (TPSA) is 127 Å². The van der Waals surface area contributed by atoms with Crippen LogP contribution in [0.4, 0.5) is 4.79 Å². The fourth-order valence-corrected chi connectivity index (χ4v) is 4.43. The molecule has 0 saturated carbocycles. The summed E-state index contributed by atoms with van der Waals surface area (Å²) in [6, 6.07) is 8.97. The smallest absolute Gasteiger partial charge is 0.407 e. The molecular weight excluding hydrogens is 436 g/mol. The molecule has 0 bridgehead atoms. The molecule has 2 aromatic rings. The van der Waals surface area contributed by atoms with Gasteiger partial charge in [-0.05, 0) is 43.7 Å². The van der Waals surface area contributed by atoms with Crippen LogP contribution in [0.2, 0.25) is 0 Å². The van der Waals surface area contributed by atoms with E-state index >= 15 is 0 Å². The first kappa shape index (κ1) is 25.6. The number of nitrogens with two attached hydrogens (primary N) is 1. The van der Waals surface area contributed by atoms with Gasteiger partial charge in [-0.3, -0.25) is 4.79 Å². The second-order valence-electron chi connectivity index (χ2n) is 9.27. The Morgan fingerprint density at radius 2 is 1.97 bits per heavy atom. The van der Waals surface area contributed by atoms with Crippen LogP contribution in [-0.2, 0) is 11.2 Å². The van der Waals surface area contributed by atoms with E-state index in [0.29, 0.717) is 31.7 Å². The third-order valence-corrected chi connectivity index (χ3v) is 5.97. The number of aromatic nitrogens is 3. The van der Waals surface area contributed by atoms with Gasteiger partial charge in [-0.1, -0.05) is 37.3 Å². The third-order valence-electron chi connectivity index (χ3n) is 5.97. The molecule has 2 atom stereocenters. The molecule has 3 N–H and O–H groups in total. The molecule has 1 aromatic heterocycles. The molecular formula is C24H36N6O4. The highest BCUT2D eigenvalue weighted by Gasteiger charge is 2.36. The van der Waals surface area contributed by atoms with E-state index < -0.39 is 6.09 Å². The lowest BCUT2D eigenvalue weighted by Gasteiger charge is -2.41. The lowest BCUT2D eigenvalue weighted by molar-refractivity contribution is 0.0471. The fourth-order valence-electron chi connectivity index (χ4n) is 4.43. The standard InChI is InChI=1S/C24H36N6O4/c1-17(2)14-29(20-13-18(25)15-28(16-20)24(32)33)23(31)22-21(11-7-8-12-34-3)30(27-26-22)19-9-5-4-6-10-19/h4-6,9-10,17-18,20H,7-8,11-16,25H2,1-3H3,(H,32,33)/t18-,20+/m1/s1. The van der Waals surface area contributed by atoms with Crippen molar-refractivity contribution in [2.24, 2.45) is 11.7 Å². The van der Waals surface area contributed by atoms with Crippen molar-refractivity contribution in [1.82, 2.24) is 24.8 Å². The van der Waals surface area contributed by atoms with E-state index in [2.05, 4.69) is 10.3 Å². The Morgan fingerprint density at radius 3 is 2.62 bits per heavy atom. The van der Waals surface area contributed by atoms with Gasteiger partial charge < -0.3 is 25.4 Å². The lowest BCUT2D eigenvalue weighted by Crippen LogP contribution is -2.58. The van der Waals surface area contributed by atoms with E-state index in [-0.39, 0.29) is 37.0 Å². The van der Waals surface area contributed by atoms with Crippen molar-refractivity contribution >= 4 is 12.0 Å². The summed E-state index contributed by atoms with van der Waals surface area (Å²) < 4.78 is 6.90. The SMILES string of the molecule is COCCCCc1c(C(=O)N(CC(C)C)[C@H]2C[C@@H](N)CN(C(=O)O)C2)nnn1-c1ccccc1. The lowest BCUT2D eigenvalue weighted by atomic mass is 9.98. The molecule has 10 heteroatoms. The number of hydrogen-bond acceptors (Lipinski definition) is 6. The highest BCUT2D eigenvalue weighted by molar-refractivity contribution is 5.93. The number of rotatable bonds is 10. The number of methoxy groups -OCH3 is 1. The average Bonchev–Trinajstić information content (AvgIpc) is 3.23. The molecule has 1 aliphatic heterocycles. The number of nitrogens with zero attached hydrogens (tertiary/aromatic N) is 5. The normalized spacial score (nSPS) is 18.3. The summed E-state index contributed by atoms with van der Waals surface area (Å²) >= 11 is 0. The maximum atomic E-state index is 13.9. The van der Waals surface area contributed by atoms with Gasteiger partial charge in [-0.15, -0.1) is 5.10 Å². The van der Waals surface area contributed by atoms with Gasteiger partial charge in [0.1, 0.15) is 0 Å². The number of piperidine rings is 1. The van der Waals surface area contributed by atoms with Gasteiger partial charge in [0.15, 0.2) is 5.69 Å². The minimum atomic E-state index is -1.02. The molecule has 186 valence electrons. The number of unbranched alkanes of at least 4 members (excludes halogenated alkanes) is 1. The molecule has 0 unspecified atom stereocenters. The van der Waals surface area contributed by atoms with Gasteiger partial charge in [0.05, 0.1) is 17.4 Å². The number of ether oxygens (including phenoxy) is 1. The van der Waals surface area contributed by atoms with Crippen LogP contribution in [0.15, 0.2) is 30.3 Å². The van der Waals surface area contributed by atoms with Crippen molar-refractivity contribution in [3.8, 4) is 5.69 Å². The van der Waals surface area contributed by atoms with Crippen LogP contribution in [0, 0.1) is 5.92 Å². The van der Waals surface area contributed by atoms with Crippen LogP contribution < -0.4 is 5.73 Å². The number of carboxylic acid groups (broad SMARTS) is 1. The monoisotopic (exact) mass is 472 g/mol. The maximum Gasteiger partial charge on any atom is 0.407 e. The van der Waals surface area contributed by atoms with E-state index in [1.54, 1.807) is 16.7 Å². The predicted octanol–water partition coefficient (Wildman–Crippen LogP) is 2.41. The number of amides is 2. The second-order valence-corrected chi connectivity index (χ2v) is 9.27. The average molecular weight is 473 g/mol. The molecule has 2 heterocycles. The van der Waals surface area contributed by atoms with Crippen LogP contribution in [0.25, 0.3) is 5.69 Å². The Hall–Kier alpha value is -2.98. The molecule has 0 radical (unpaired) electrons. The van der Waals surface area contributed by atoms with Gasteiger partial charge in [-0.25, -0.2) is 9.48 Å². The summed E-state index contributed by atoms with van der Waals surface area (Å²) in [6.45, 7) is 5.68. The van der Waals surface area contributed by atoms with Gasteiger partial charge in [0.25, 0.3) is 5.91 Å². The number of hydrogen-bond donors (Lipinski definition) is 2. The number of likely N-dealkylation sites (tertiary alicyclic amines) is 1. The van der Waals surface area contributed by atoms with Gasteiger partial charge in [-0.2, -0.15) is 0 Å². The largest absolute Gasteiger partial charge is 0.465 e. The number of benzene rings is 1. The molecule has 0 aliphatic carbocycles. The first-order valence-electron chi connectivity index (χ1n) is 11.8. The van der Waals surface area contributed by atoms with E-state index in [0.717, 1.165) is 24.2 Å². The molecule has 2 amide bonds. The van der Waals surface area contributed by atoms with Crippen molar-refractivity contribution in [3.05, 3.63) is 41.7 Å². The van der Waals surface area contributed by atoms with Crippen LogP contribution >= 0.6 is 0 Å². The minimum absolute atomic E-state index is 0.190. The third kappa shape index (κ3) is 6.32. The van der Waals surface area contributed by atoms with Crippen molar-refractivity contribution in [2.45, 2.75) is 51.6 Å². The van der Waals surface area contributed by atoms with Gasteiger partial charge in [0.2, 0.25) is 0 Å². The fraction of sp³-hybridized carbons (Fsp3) is 0.583. The Bertz CT molecular complexity index is 948. The zero-order valence-electron chi connectivity index (χ0n) is 20.3. The zero-order valence-corrected chi connectivity index (χ0v) is 20.3. The number of para-hydroxylation sites is 1. The molecule has 0 spiro atoms. The molecule has 3 rings (SSSR count). The summed E-state index contributed by atoms with van der Waals surface area (Å²) in [6.07, 6.45) is 1.81. The summed E-state index contributed by atoms with van der Waals surface area (Å²) in [5, 5.41) is 18.2. The molecule has 34 heavy (non-hydrogen) atoms. The Morgan fingerprint density at radius 1 is 1.24 bits per heavy atom. The maximum absolute atomic E-state index is 13.9. The highest BCUT2D eigenvalue weighted by Crippen LogP contribution is 2.23. The molecule has 1 aliphatic rings. The Kier molecular flexibility index (Phi) is 9.00. The van der Waals surface area contributed by atoms with Crippen molar-refractivity contribution < 1.29 is 19.4 Å². The van der Waals surface area contributed by atoms with E-state index in [9.17, 15) is 14.7 Å². The first-order chi connectivity index (χ1) is 16.3. The molecule has 1 aromatic carbocycles.